The Morgan fingerprint density at radius 3 is 2.18 bits per heavy atom. The van der Waals surface area contributed by atoms with Gasteiger partial charge in [-0.3, -0.25) is 0 Å². The molecule has 4 aromatic rings. The monoisotopic (exact) mass is 493 g/mol. The summed E-state index contributed by atoms with van der Waals surface area (Å²) in [5.41, 5.74) is 4.55. The predicted octanol–water partition coefficient (Wildman–Crippen LogP) is 7.53. The molecule has 1 atom stereocenters. The zero-order valence-electron chi connectivity index (χ0n) is 20.6. The van der Waals surface area contributed by atoms with E-state index in [1.165, 1.54) is 11.9 Å². The number of nitrogens with zero attached hydrogens (tertiary/aromatic N) is 4. The Bertz CT molecular complexity index is 1260. The van der Waals surface area contributed by atoms with Gasteiger partial charge in [-0.25, -0.2) is 4.98 Å². The summed E-state index contributed by atoms with van der Waals surface area (Å²) < 4.78 is 5.27. The molecule has 0 amide bonds. The normalized spacial score (nSPS) is 11.4. The van der Waals surface area contributed by atoms with Crippen molar-refractivity contribution in [1.82, 2.24) is 14.6 Å². The number of nitrogens with one attached hydrogen (secondary N) is 1. The van der Waals surface area contributed by atoms with E-state index in [4.69, 9.17) is 10.4 Å². The van der Waals surface area contributed by atoms with Crippen LogP contribution in [0.3, 0.4) is 0 Å². The van der Waals surface area contributed by atoms with Gasteiger partial charge in [0.15, 0.2) is 5.65 Å². The summed E-state index contributed by atoms with van der Waals surface area (Å²) in [7, 11) is -0.440. The van der Waals surface area contributed by atoms with E-state index in [0.29, 0.717) is 5.56 Å². The van der Waals surface area contributed by atoms with Crippen LogP contribution in [0.1, 0.15) is 45.7 Å². The zero-order valence-corrected chi connectivity index (χ0v) is 22.2. The molecule has 2 heterocycles. The van der Waals surface area contributed by atoms with Crippen molar-refractivity contribution in [2.45, 2.75) is 44.9 Å². The largest absolute Gasteiger partial charge is 0.317 e. The van der Waals surface area contributed by atoms with E-state index in [2.05, 4.69) is 78.3 Å². The Kier molecular flexibility index (Phi) is 9.85. The van der Waals surface area contributed by atoms with Crippen molar-refractivity contribution < 1.29 is 0 Å². The number of hydrogen-bond acceptors (Lipinski definition) is 4. The number of benzene rings is 2. The Labute approximate surface area is 210 Å². The molecule has 0 fully saturated rings. The minimum Gasteiger partial charge on any atom is -0.317 e. The minimum absolute atomic E-state index is 0.125. The lowest BCUT2D eigenvalue weighted by molar-refractivity contribution is 0.590. The van der Waals surface area contributed by atoms with Crippen molar-refractivity contribution in [1.29, 1.82) is 5.26 Å². The molecule has 34 heavy (non-hydrogen) atoms. The SMILES string of the molecule is C=S(Nc1ccnc2cc(-c3ccc(C#N)cc3)nn12)c1ccc(C(C)(C)C)cc1.CC.CCl. The summed E-state index contributed by atoms with van der Waals surface area (Å²) in [5.74, 6) is 5.14. The van der Waals surface area contributed by atoms with Crippen molar-refractivity contribution in [3.05, 3.63) is 78.0 Å². The fourth-order valence-corrected chi connectivity index (χ4v) is 4.12. The Morgan fingerprint density at radius 1 is 1.00 bits per heavy atom. The molecule has 0 aliphatic rings. The molecule has 0 saturated carbocycles. The van der Waals surface area contributed by atoms with E-state index in [1.54, 1.807) is 22.8 Å². The van der Waals surface area contributed by atoms with Gasteiger partial charge in [0.2, 0.25) is 0 Å². The number of alkyl halides is 1. The molecule has 2 aromatic heterocycles. The molecule has 0 aliphatic heterocycles. The highest BCUT2D eigenvalue weighted by atomic mass is 35.5. The number of hydrogen-bond donors (Lipinski definition) is 1. The molecule has 0 radical (unpaired) electrons. The highest BCUT2D eigenvalue weighted by molar-refractivity contribution is 8.15. The highest BCUT2D eigenvalue weighted by Gasteiger charge is 2.14. The van der Waals surface area contributed by atoms with Gasteiger partial charge in [-0.2, -0.15) is 14.9 Å². The Balaban J connectivity index is 0.000000970. The smallest absolute Gasteiger partial charge is 0.157 e. The van der Waals surface area contributed by atoms with E-state index >= 15 is 0 Å². The first-order valence-corrected chi connectivity index (χ1v) is 13.1. The third-order valence-electron chi connectivity index (χ3n) is 4.90. The predicted molar refractivity (Wildman–Crippen MR) is 148 cm³/mol. The van der Waals surface area contributed by atoms with Gasteiger partial charge in [-0.05, 0) is 41.3 Å². The van der Waals surface area contributed by atoms with Gasteiger partial charge in [0.1, 0.15) is 5.82 Å². The molecular weight excluding hydrogens is 462 g/mol. The molecule has 0 bridgehead atoms. The van der Waals surface area contributed by atoms with Crippen LogP contribution in [0.2, 0.25) is 0 Å². The Hall–Kier alpha value is -3.14. The van der Waals surface area contributed by atoms with Crippen LogP contribution in [-0.4, -0.2) is 26.9 Å². The second-order valence-corrected chi connectivity index (χ2v) is 9.54. The second-order valence-electron chi connectivity index (χ2n) is 8.09. The summed E-state index contributed by atoms with van der Waals surface area (Å²) in [6.45, 7) is 10.6. The van der Waals surface area contributed by atoms with Crippen LogP contribution in [0, 0.1) is 11.3 Å². The van der Waals surface area contributed by atoms with Crippen molar-refractivity contribution in [2.24, 2.45) is 0 Å². The lowest BCUT2D eigenvalue weighted by atomic mass is 9.87. The standard InChI is InChI=1S/C24H23N5S.C2H6.CH3Cl/c1-24(2,3)19-9-11-20(12-10-19)30(4)28-22-13-14-26-23-15-21(27-29(22)23)18-7-5-17(16-25)6-8-18;2*1-2/h5-15,28H,4H2,1-3H3;1-2H3;1H3. The molecule has 1 unspecified atom stereocenters. The molecule has 5 nitrogen and oxygen atoms in total. The lowest BCUT2D eigenvalue weighted by Gasteiger charge is -2.20. The van der Waals surface area contributed by atoms with E-state index in [9.17, 15) is 0 Å². The third-order valence-corrected chi connectivity index (χ3v) is 6.20. The van der Waals surface area contributed by atoms with Crippen molar-refractivity contribution in [2.75, 3.05) is 11.1 Å². The molecule has 1 N–H and O–H groups in total. The lowest BCUT2D eigenvalue weighted by Crippen LogP contribution is -2.10. The molecule has 0 aliphatic carbocycles. The molecule has 4 rings (SSSR count). The first kappa shape index (κ1) is 27.1. The highest BCUT2D eigenvalue weighted by Crippen LogP contribution is 2.30. The molecule has 178 valence electrons. The Morgan fingerprint density at radius 2 is 1.62 bits per heavy atom. The quantitative estimate of drug-likeness (QED) is 0.235. The summed E-state index contributed by atoms with van der Waals surface area (Å²) in [5, 5.41) is 13.7. The summed E-state index contributed by atoms with van der Waals surface area (Å²) in [6.07, 6.45) is 3.24. The molecule has 0 saturated heterocycles. The van der Waals surface area contributed by atoms with Crippen LogP contribution in [0.25, 0.3) is 16.9 Å². The van der Waals surface area contributed by atoms with Gasteiger partial charge in [-0.1, -0.05) is 75.4 Å². The van der Waals surface area contributed by atoms with E-state index in [1.807, 2.05) is 38.1 Å². The molecular formula is C27H32ClN5S. The number of aromatic nitrogens is 3. The maximum Gasteiger partial charge on any atom is 0.157 e. The summed E-state index contributed by atoms with van der Waals surface area (Å²) >= 11 is 4.64. The van der Waals surface area contributed by atoms with Crippen LogP contribution in [0.5, 0.6) is 0 Å². The first-order chi connectivity index (χ1) is 16.3. The average molecular weight is 494 g/mol. The van der Waals surface area contributed by atoms with E-state index in [0.717, 1.165) is 27.6 Å². The second kappa shape index (κ2) is 12.4. The minimum atomic E-state index is -0.440. The zero-order chi connectivity index (χ0) is 25.3. The summed E-state index contributed by atoms with van der Waals surface area (Å²) in [4.78, 5) is 5.56. The van der Waals surface area contributed by atoms with Gasteiger partial charge in [0.05, 0.1) is 17.3 Å². The van der Waals surface area contributed by atoms with Crippen LogP contribution < -0.4 is 4.72 Å². The number of fused-ring (bicyclic) bond motifs is 1. The van der Waals surface area contributed by atoms with Crippen LogP contribution in [-0.2, 0) is 5.41 Å². The van der Waals surface area contributed by atoms with E-state index < -0.39 is 10.7 Å². The average Bonchev–Trinajstić information content (AvgIpc) is 3.31. The summed E-state index contributed by atoms with van der Waals surface area (Å²) in [6, 6.07) is 22.0. The van der Waals surface area contributed by atoms with Gasteiger partial charge >= 0.3 is 0 Å². The third kappa shape index (κ3) is 6.47. The molecule has 0 spiro atoms. The molecule has 7 heteroatoms. The van der Waals surface area contributed by atoms with Gasteiger partial charge in [0, 0.05) is 29.1 Å². The maximum atomic E-state index is 8.99. The molecule has 2 aromatic carbocycles. The number of nitriles is 1. The van der Waals surface area contributed by atoms with Crippen LogP contribution >= 0.6 is 22.3 Å². The topological polar surface area (TPSA) is 66.0 Å². The maximum absolute atomic E-state index is 8.99. The van der Waals surface area contributed by atoms with Crippen molar-refractivity contribution in [3.63, 3.8) is 0 Å². The first-order valence-electron chi connectivity index (χ1n) is 11.0. The van der Waals surface area contributed by atoms with Crippen molar-refractivity contribution in [3.8, 4) is 17.3 Å². The van der Waals surface area contributed by atoms with Gasteiger partial charge in [0.25, 0.3) is 0 Å². The van der Waals surface area contributed by atoms with E-state index in [-0.39, 0.29) is 5.41 Å². The van der Waals surface area contributed by atoms with Gasteiger partial charge in [-0.15, -0.1) is 11.6 Å². The number of halogens is 1. The fraction of sp³-hybridized carbons (Fsp3) is 0.259. The number of anilines is 1. The van der Waals surface area contributed by atoms with Gasteiger partial charge < -0.3 is 4.72 Å². The van der Waals surface area contributed by atoms with Crippen LogP contribution in [0.15, 0.2) is 71.8 Å². The van der Waals surface area contributed by atoms with Crippen LogP contribution in [0.4, 0.5) is 5.82 Å². The van der Waals surface area contributed by atoms with Crippen molar-refractivity contribution >= 4 is 39.6 Å². The number of rotatable bonds is 4. The fourth-order valence-electron chi connectivity index (χ4n) is 3.13.